The van der Waals surface area contributed by atoms with Gasteiger partial charge < -0.3 is 23.8 Å². The highest BCUT2D eigenvalue weighted by Crippen LogP contribution is 2.64. The molecule has 3 aliphatic carbocycles. The Morgan fingerprint density at radius 1 is 1.05 bits per heavy atom. The number of carbonyl (C=O) groups is 3. The highest BCUT2D eigenvalue weighted by molar-refractivity contribution is 7.40. The maximum Gasteiger partial charge on any atom is 0.512 e. The standard InChI is InChI=1S/C47H62ClN4O9PS/c1-7-30-23-47(30,62(56)57)24-38(53)37-20-32(25-52(37)45(55)34(46(4,5)6)21-42(54)61-31-18-28-17-29(28)19-31)60-40-22-35(36-26-63-41(49-36)16-27(2)3)50-44-33(40)8-9-39(43(44)48)59-15-12-51-10-13-58-14-11-51/h8-9,22,26-32,34,37H,7,10-21,23-25H2,1-6H3/p+1/t28-,29+,30-,31?,32-,34-,37+,47-/m1/s1. The zero-order valence-corrected chi connectivity index (χ0v) is 39.9. The summed E-state index contributed by atoms with van der Waals surface area (Å²) in [5, 5.41) is 2.94. The molecule has 16 heteroatoms. The normalized spacial score (nSPS) is 27.6. The number of Topliss-reactive ketones (excluding diaryl/α,β-unsaturated/α-hetero) is 1. The number of fused-ring (bicyclic) bond motifs is 2. The first-order valence-corrected chi connectivity index (χ1v) is 25.4. The minimum atomic E-state index is -2.63. The second kappa shape index (κ2) is 18.9. The number of esters is 1. The van der Waals surface area contributed by atoms with E-state index in [1.165, 1.54) is 6.42 Å². The number of hydrogen-bond acceptors (Lipinski definition) is 12. The highest BCUT2D eigenvalue weighted by Gasteiger charge is 2.70. The molecule has 0 spiro atoms. The van der Waals surface area contributed by atoms with E-state index in [1.807, 2.05) is 51.3 Å². The molecule has 342 valence electrons. The lowest BCUT2D eigenvalue weighted by Gasteiger charge is -2.34. The molecule has 2 unspecified atom stereocenters. The Balaban J connectivity index is 1.09. The number of amides is 1. The molecule has 1 amide bonds. The van der Waals surface area contributed by atoms with Gasteiger partial charge in [0.1, 0.15) is 35.3 Å². The number of carbonyl (C=O) groups excluding carboxylic acids is 3. The molecule has 3 saturated carbocycles. The van der Waals surface area contributed by atoms with Gasteiger partial charge in [-0.1, -0.05) is 53.1 Å². The first-order valence-electron chi connectivity index (χ1n) is 22.9. The largest absolute Gasteiger partial charge is 0.512 e. The smallest absolute Gasteiger partial charge is 0.491 e. The molecule has 1 N–H and O–H groups in total. The molecule has 0 radical (unpaired) electrons. The molecule has 13 nitrogen and oxygen atoms in total. The van der Waals surface area contributed by atoms with Crippen molar-refractivity contribution in [3.63, 3.8) is 0 Å². The minimum Gasteiger partial charge on any atom is -0.491 e. The molecule has 2 saturated heterocycles. The SMILES string of the molecule is CC[C@@H]1C[C@]1(CC(=O)[C@@H]1C[C@@H](Oc2cc(-c3csc(CC(C)C)n3)nc3c(Cl)c(OCCN4CCOCC4)ccc23)CN1C(=O)[C@@H](CC(=O)OC1C[C@@H]2C[C@@H]2C1)C(C)(C)C)[P+](=O)O. The molecule has 5 fully saturated rings. The van der Waals surface area contributed by atoms with Gasteiger partial charge in [0.25, 0.3) is 0 Å². The van der Waals surface area contributed by atoms with Crippen molar-refractivity contribution >= 4 is 59.5 Å². The molecule has 3 aromatic rings. The van der Waals surface area contributed by atoms with Crippen LogP contribution in [0.1, 0.15) is 97.9 Å². The topological polar surface area (TPSA) is 158 Å². The number of pyridine rings is 1. The molecule has 1 aromatic carbocycles. The van der Waals surface area contributed by atoms with E-state index in [4.69, 9.17) is 40.5 Å². The zero-order valence-electron chi connectivity index (χ0n) is 37.5. The third-order valence-electron chi connectivity index (χ3n) is 14.0. The van der Waals surface area contributed by atoms with Gasteiger partial charge in [-0.2, -0.15) is 4.89 Å². The van der Waals surface area contributed by atoms with Crippen LogP contribution in [0, 0.1) is 35.0 Å². The van der Waals surface area contributed by atoms with Crippen LogP contribution in [0.2, 0.25) is 5.02 Å². The van der Waals surface area contributed by atoms with Gasteiger partial charge in [-0.05, 0) is 65.5 Å². The number of thiazole rings is 1. The predicted octanol–water partition coefficient (Wildman–Crippen LogP) is 8.53. The van der Waals surface area contributed by atoms with Crippen molar-refractivity contribution in [3.05, 3.63) is 33.6 Å². The van der Waals surface area contributed by atoms with Gasteiger partial charge in [0.2, 0.25) is 11.1 Å². The van der Waals surface area contributed by atoms with Crippen molar-refractivity contribution in [2.45, 2.75) is 123 Å². The summed E-state index contributed by atoms with van der Waals surface area (Å²) >= 11 is 8.71. The number of ether oxygens (including phenoxy) is 4. The summed E-state index contributed by atoms with van der Waals surface area (Å²) in [5.41, 5.74) is 1.08. The van der Waals surface area contributed by atoms with Crippen LogP contribution in [-0.2, 0) is 34.8 Å². The van der Waals surface area contributed by atoms with E-state index in [1.54, 1.807) is 16.2 Å². The van der Waals surface area contributed by atoms with E-state index in [0.29, 0.717) is 89.2 Å². The van der Waals surface area contributed by atoms with Gasteiger partial charge in [0.05, 0.1) is 66.5 Å². The predicted molar refractivity (Wildman–Crippen MR) is 243 cm³/mol. The first kappa shape index (κ1) is 46.3. The third-order valence-corrected chi connectivity index (χ3v) is 16.7. The van der Waals surface area contributed by atoms with E-state index in [0.717, 1.165) is 43.9 Å². The van der Waals surface area contributed by atoms with Crippen LogP contribution in [0.4, 0.5) is 0 Å². The quantitative estimate of drug-likeness (QED) is 0.0960. The summed E-state index contributed by atoms with van der Waals surface area (Å²) in [7, 11) is -2.63. The summed E-state index contributed by atoms with van der Waals surface area (Å²) in [6.45, 7) is 16.3. The molecule has 4 heterocycles. The van der Waals surface area contributed by atoms with E-state index >= 15 is 0 Å². The number of rotatable bonds is 18. The Labute approximate surface area is 380 Å². The second-order valence-corrected chi connectivity index (χ2v) is 22.8. The summed E-state index contributed by atoms with van der Waals surface area (Å²) in [4.78, 5) is 67.2. The summed E-state index contributed by atoms with van der Waals surface area (Å²) in [6, 6.07) is 4.61. The van der Waals surface area contributed by atoms with Crippen LogP contribution in [0.25, 0.3) is 22.3 Å². The maximum atomic E-state index is 14.9. The molecule has 5 aliphatic rings. The van der Waals surface area contributed by atoms with Gasteiger partial charge in [0, 0.05) is 61.6 Å². The molecule has 0 bridgehead atoms. The number of halogens is 1. The lowest BCUT2D eigenvalue weighted by atomic mass is 9.77. The van der Waals surface area contributed by atoms with Crippen molar-refractivity contribution in [2.75, 3.05) is 46.0 Å². The molecule has 2 aromatic heterocycles. The Hall–Kier alpha value is -3.26. The molecule has 2 aliphatic heterocycles. The second-order valence-electron chi connectivity index (χ2n) is 20.1. The fourth-order valence-electron chi connectivity index (χ4n) is 10.1. The van der Waals surface area contributed by atoms with Crippen LogP contribution >= 0.6 is 31.0 Å². The molecule has 9 atom stereocenters. The fraction of sp³-hybridized carbons (Fsp3) is 0.681. The van der Waals surface area contributed by atoms with Crippen molar-refractivity contribution in [1.82, 2.24) is 19.8 Å². The Morgan fingerprint density at radius 3 is 2.46 bits per heavy atom. The van der Waals surface area contributed by atoms with Gasteiger partial charge in [-0.3, -0.25) is 19.3 Å². The zero-order chi connectivity index (χ0) is 44.8. The summed E-state index contributed by atoms with van der Waals surface area (Å²) in [5.74, 6) is 0.839. The molecular weight excluding hydrogens is 863 g/mol. The van der Waals surface area contributed by atoms with Crippen molar-refractivity contribution in [1.29, 1.82) is 0 Å². The number of nitrogens with zero attached hydrogens (tertiary/aromatic N) is 4. The monoisotopic (exact) mass is 925 g/mol. The van der Waals surface area contributed by atoms with Gasteiger partial charge in [-0.25, -0.2) is 9.97 Å². The lowest BCUT2D eigenvalue weighted by Crippen LogP contribution is -2.48. The first-order chi connectivity index (χ1) is 30.0. The number of likely N-dealkylation sites (tertiary alicyclic amines) is 1. The summed E-state index contributed by atoms with van der Waals surface area (Å²) in [6.07, 6.45) is 4.13. The van der Waals surface area contributed by atoms with Crippen molar-refractivity contribution in [3.8, 4) is 22.9 Å². The van der Waals surface area contributed by atoms with E-state index in [9.17, 15) is 23.8 Å². The van der Waals surface area contributed by atoms with Gasteiger partial charge in [0.15, 0.2) is 5.78 Å². The van der Waals surface area contributed by atoms with Crippen LogP contribution in [-0.4, -0.2) is 112 Å². The number of hydrogen-bond donors (Lipinski definition) is 1. The number of morpholine rings is 1. The van der Waals surface area contributed by atoms with E-state index in [-0.39, 0.29) is 49.5 Å². The summed E-state index contributed by atoms with van der Waals surface area (Å²) < 4.78 is 37.3. The van der Waals surface area contributed by atoms with E-state index in [2.05, 4.69) is 18.7 Å². The highest BCUT2D eigenvalue weighted by atomic mass is 35.5. The van der Waals surface area contributed by atoms with Crippen LogP contribution in [0.3, 0.4) is 0 Å². The Bertz CT molecular complexity index is 2200. The van der Waals surface area contributed by atoms with Gasteiger partial charge in [-0.15, -0.1) is 11.3 Å². The Morgan fingerprint density at radius 2 is 1.79 bits per heavy atom. The molecule has 8 rings (SSSR count). The number of benzene rings is 1. The Kier molecular flexibility index (Phi) is 13.9. The fourth-order valence-corrected chi connectivity index (χ4v) is 12.5. The average molecular weight is 927 g/mol. The van der Waals surface area contributed by atoms with Crippen LogP contribution < -0.4 is 9.47 Å². The number of aromatic nitrogens is 2. The maximum absolute atomic E-state index is 14.9. The minimum absolute atomic E-state index is 0.0438. The molecular formula is C47H63ClN4O9PS+. The van der Waals surface area contributed by atoms with Gasteiger partial charge >= 0.3 is 14.0 Å². The number of ketones is 1. The average Bonchev–Trinajstić information content (AvgIpc) is 3.91. The third kappa shape index (κ3) is 10.4. The molecule has 63 heavy (non-hydrogen) atoms. The van der Waals surface area contributed by atoms with Crippen molar-refractivity contribution in [2.24, 2.45) is 35.0 Å². The lowest BCUT2D eigenvalue weighted by molar-refractivity contribution is -0.156. The van der Waals surface area contributed by atoms with E-state index < -0.39 is 42.6 Å². The van der Waals surface area contributed by atoms with Crippen molar-refractivity contribution < 1.29 is 42.8 Å². The van der Waals surface area contributed by atoms with Crippen LogP contribution in [0.5, 0.6) is 11.5 Å². The van der Waals surface area contributed by atoms with Crippen LogP contribution in [0.15, 0.2) is 23.6 Å².